The molecule has 0 atom stereocenters. The van der Waals surface area contributed by atoms with Crippen LogP contribution < -0.4 is 35.8 Å². The summed E-state index contributed by atoms with van der Waals surface area (Å²) in [4.78, 5) is 7.33. The van der Waals surface area contributed by atoms with Gasteiger partial charge >= 0.3 is 0 Å². The van der Waals surface area contributed by atoms with E-state index in [1.54, 1.807) is 0 Å². The summed E-state index contributed by atoms with van der Waals surface area (Å²) in [6.07, 6.45) is 9.11. The Kier molecular flexibility index (Phi) is 7.40. The lowest BCUT2D eigenvalue weighted by Crippen LogP contribution is -2.61. The second-order valence-electron chi connectivity index (χ2n) is 15.6. The molecule has 0 N–H and O–H groups in total. The number of hydrogen-bond donors (Lipinski definition) is 0. The van der Waals surface area contributed by atoms with Crippen LogP contribution in [0.15, 0.2) is 188 Å². The van der Waals surface area contributed by atoms with Crippen molar-refractivity contribution in [3.8, 4) is 11.5 Å². The Labute approximate surface area is 329 Å². The molecule has 0 fully saturated rings. The Morgan fingerprint density at radius 1 is 0.571 bits per heavy atom. The zero-order valence-corrected chi connectivity index (χ0v) is 31.6. The number of fused-ring (bicyclic) bond motifs is 6. The maximum absolute atomic E-state index is 6.91. The lowest BCUT2D eigenvalue weighted by Gasteiger charge is -2.44. The average molecular weight is 722 g/mol. The van der Waals surface area contributed by atoms with Gasteiger partial charge in [0, 0.05) is 62.1 Å². The first-order valence-electron chi connectivity index (χ1n) is 19.7. The molecule has 0 amide bonds. The van der Waals surface area contributed by atoms with Crippen molar-refractivity contribution in [3.63, 3.8) is 0 Å². The first-order valence-corrected chi connectivity index (χ1v) is 19.7. The van der Waals surface area contributed by atoms with E-state index in [9.17, 15) is 0 Å². The van der Waals surface area contributed by atoms with Crippen molar-refractivity contribution in [1.82, 2.24) is 0 Å². The zero-order chi connectivity index (χ0) is 37.4. The Balaban J connectivity index is 1.15. The van der Waals surface area contributed by atoms with Crippen LogP contribution in [0, 0.1) is 0 Å². The van der Waals surface area contributed by atoms with E-state index in [2.05, 4.69) is 211 Å². The van der Waals surface area contributed by atoms with E-state index in [-0.39, 0.29) is 12.1 Å². The molecule has 3 aliphatic heterocycles. The van der Waals surface area contributed by atoms with Gasteiger partial charge in [-0.25, -0.2) is 0 Å². The summed E-state index contributed by atoms with van der Waals surface area (Å²) in [5.41, 5.74) is 16.4. The molecule has 0 saturated heterocycles. The minimum Gasteiger partial charge on any atom is -0.455 e. The highest BCUT2D eigenvalue weighted by molar-refractivity contribution is 7.00. The van der Waals surface area contributed by atoms with E-state index in [4.69, 9.17) is 4.74 Å². The summed E-state index contributed by atoms with van der Waals surface area (Å²) in [6.45, 7) is 4.66. The highest BCUT2D eigenvalue weighted by atomic mass is 16.5. The highest BCUT2D eigenvalue weighted by Crippen LogP contribution is 2.54. The second kappa shape index (κ2) is 12.7. The van der Waals surface area contributed by atoms with Crippen LogP contribution in [0.2, 0.25) is 0 Å². The highest BCUT2D eigenvalue weighted by Gasteiger charge is 2.44. The van der Waals surface area contributed by atoms with Gasteiger partial charge in [0.15, 0.2) is 5.75 Å². The van der Waals surface area contributed by atoms with E-state index in [0.29, 0.717) is 0 Å². The van der Waals surface area contributed by atoms with Gasteiger partial charge in [0.05, 0.1) is 5.69 Å². The number of rotatable bonds is 5. The van der Waals surface area contributed by atoms with Gasteiger partial charge in [-0.3, -0.25) is 0 Å². The van der Waals surface area contributed by atoms with Crippen molar-refractivity contribution in [1.29, 1.82) is 0 Å². The van der Waals surface area contributed by atoms with Crippen molar-refractivity contribution in [3.05, 3.63) is 199 Å². The summed E-state index contributed by atoms with van der Waals surface area (Å²) in [5.74, 6) is 1.79. The van der Waals surface area contributed by atoms with Gasteiger partial charge in [0.2, 0.25) is 0 Å². The quantitative estimate of drug-likeness (QED) is 0.165. The van der Waals surface area contributed by atoms with E-state index in [1.807, 2.05) is 0 Å². The smallest absolute Gasteiger partial charge is 0.252 e. The molecule has 0 bridgehead atoms. The molecule has 0 unspecified atom stereocenters. The molecule has 7 aromatic rings. The first-order chi connectivity index (χ1) is 27.6. The van der Waals surface area contributed by atoms with E-state index >= 15 is 0 Å². The monoisotopic (exact) mass is 721 g/mol. The number of hydrogen-bond acceptors (Lipinski definition) is 4. The molecule has 268 valence electrons. The number of ether oxygens (including phenoxy) is 1. The fourth-order valence-electron chi connectivity index (χ4n) is 9.54. The molecule has 7 aromatic carbocycles. The fraction of sp³-hybridized carbons (Fsp3) is 0.0980. The van der Waals surface area contributed by atoms with Gasteiger partial charge in [-0.1, -0.05) is 123 Å². The normalized spacial score (nSPS) is 15.4. The fourth-order valence-corrected chi connectivity index (χ4v) is 9.54. The van der Waals surface area contributed by atoms with Crippen LogP contribution in [0.25, 0.3) is 0 Å². The molecule has 0 saturated carbocycles. The van der Waals surface area contributed by atoms with Crippen LogP contribution in [0.4, 0.5) is 45.5 Å². The molecule has 11 rings (SSSR count). The number of nitrogens with zero attached hydrogens (tertiary/aromatic N) is 3. The number of anilines is 8. The standard InChI is InChI=1S/C51H40BN3O/c1-51(2)39-24-12-15-31-48(39)56-50-40(51)25-16-30-46(50)53(35-18-6-3-7-19-35)38-32-33-42-47(34-38)55(37-22-10-5-11-23-37)45-29-17-28-44-49(45)52(42)41-26-13-14-27-43(41)54(44)36-20-8-4-9-21-36/h3,5-8,10-34H,4,9H2,1-2H3. The topological polar surface area (TPSA) is 19.0 Å². The molecule has 5 heteroatoms. The van der Waals surface area contributed by atoms with Crippen LogP contribution >= 0.6 is 0 Å². The lowest BCUT2D eigenvalue weighted by molar-refractivity contribution is 0.419. The minimum absolute atomic E-state index is 0.0566. The number of allylic oxidation sites excluding steroid dienone is 3. The Morgan fingerprint density at radius 2 is 1.25 bits per heavy atom. The maximum atomic E-state index is 6.91. The third-order valence-electron chi connectivity index (χ3n) is 12.1. The predicted molar refractivity (Wildman–Crippen MR) is 234 cm³/mol. The predicted octanol–water partition coefficient (Wildman–Crippen LogP) is 11.6. The average Bonchev–Trinajstić information content (AvgIpc) is 3.25. The lowest BCUT2D eigenvalue weighted by atomic mass is 9.33. The maximum Gasteiger partial charge on any atom is 0.252 e. The SMILES string of the molecule is CC1(C)c2ccccc2Oc2c(N(c3ccccc3)c3ccc4c(c3)N(c3ccccc3)c3cccc5c3B4c3ccccc3N5C3=CCCC=C3)cccc21. The van der Waals surface area contributed by atoms with Gasteiger partial charge in [0.1, 0.15) is 5.75 Å². The van der Waals surface area contributed by atoms with Crippen molar-refractivity contribution in [2.75, 3.05) is 14.7 Å². The van der Waals surface area contributed by atoms with Gasteiger partial charge in [-0.2, -0.15) is 0 Å². The zero-order valence-electron chi connectivity index (χ0n) is 31.6. The molecule has 4 nitrogen and oxygen atoms in total. The molecule has 4 aliphatic rings. The van der Waals surface area contributed by atoms with Crippen LogP contribution in [0.5, 0.6) is 11.5 Å². The van der Waals surface area contributed by atoms with E-state index < -0.39 is 0 Å². The van der Waals surface area contributed by atoms with Crippen LogP contribution in [-0.2, 0) is 5.41 Å². The molecule has 56 heavy (non-hydrogen) atoms. The summed E-state index contributed by atoms with van der Waals surface area (Å²) >= 11 is 0. The molecule has 0 aromatic heterocycles. The molecular formula is C51H40BN3O. The summed E-state index contributed by atoms with van der Waals surface area (Å²) < 4.78 is 6.91. The Bertz CT molecular complexity index is 2740. The van der Waals surface area contributed by atoms with Crippen LogP contribution in [0.1, 0.15) is 37.8 Å². The van der Waals surface area contributed by atoms with Crippen LogP contribution in [0.3, 0.4) is 0 Å². The van der Waals surface area contributed by atoms with Gasteiger partial charge in [-0.15, -0.1) is 0 Å². The number of benzene rings is 7. The molecule has 0 radical (unpaired) electrons. The summed E-state index contributed by atoms with van der Waals surface area (Å²) in [7, 11) is 0. The van der Waals surface area contributed by atoms with Crippen molar-refractivity contribution >= 4 is 68.6 Å². The third kappa shape index (κ3) is 4.87. The van der Waals surface area contributed by atoms with Gasteiger partial charge in [-0.05, 0) is 102 Å². The molecular weight excluding hydrogens is 681 g/mol. The largest absolute Gasteiger partial charge is 0.455 e. The molecule has 1 aliphatic carbocycles. The van der Waals surface area contributed by atoms with Gasteiger partial charge < -0.3 is 19.4 Å². The van der Waals surface area contributed by atoms with E-state index in [1.165, 1.54) is 56.0 Å². The second-order valence-corrected chi connectivity index (χ2v) is 15.6. The Morgan fingerprint density at radius 3 is 2.07 bits per heavy atom. The molecule has 0 spiro atoms. The minimum atomic E-state index is -0.240. The van der Waals surface area contributed by atoms with Crippen molar-refractivity contribution in [2.24, 2.45) is 0 Å². The third-order valence-corrected chi connectivity index (χ3v) is 12.1. The first kappa shape index (κ1) is 32.7. The summed E-state index contributed by atoms with van der Waals surface area (Å²) in [5, 5.41) is 0. The summed E-state index contributed by atoms with van der Waals surface area (Å²) in [6, 6.07) is 59.5. The molecule has 3 heterocycles. The van der Waals surface area contributed by atoms with E-state index in [0.717, 1.165) is 47.1 Å². The van der Waals surface area contributed by atoms with Crippen molar-refractivity contribution < 1.29 is 4.74 Å². The van der Waals surface area contributed by atoms with Crippen molar-refractivity contribution in [2.45, 2.75) is 32.1 Å². The number of para-hydroxylation sites is 5. The van der Waals surface area contributed by atoms with Gasteiger partial charge in [0.25, 0.3) is 6.71 Å². The van der Waals surface area contributed by atoms with Crippen LogP contribution in [-0.4, -0.2) is 6.71 Å². The Hall–Kier alpha value is -6.72.